The molecule has 0 atom stereocenters. The van der Waals surface area contributed by atoms with Crippen LogP contribution in [-0.2, 0) is 16.0 Å². The summed E-state index contributed by atoms with van der Waals surface area (Å²) in [4.78, 5) is 36.7. The summed E-state index contributed by atoms with van der Waals surface area (Å²) < 4.78 is 101. The minimum absolute atomic E-state index is 0.00163. The van der Waals surface area contributed by atoms with Crippen molar-refractivity contribution in [2.45, 2.75) is 51.1 Å². The number of nitrogens with one attached hydrogen (secondary N) is 2. The van der Waals surface area contributed by atoms with E-state index in [4.69, 9.17) is 9.15 Å². The molecule has 1 heterocycles. The van der Waals surface area contributed by atoms with E-state index in [0.29, 0.717) is 0 Å². The average molecular weight is 551 g/mol. The van der Waals surface area contributed by atoms with Crippen molar-refractivity contribution >= 4 is 29.2 Å². The maximum atomic E-state index is 13.6. The number of carbonyl (C=O) groups is 3. The first-order valence-electron chi connectivity index (χ1n) is 11.0. The van der Waals surface area contributed by atoms with Crippen molar-refractivity contribution in [2.75, 3.05) is 11.9 Å². The summed E-state index contributed by atoms with van der Waals surface area (Å²) >= 11 is 0. The van der Waals surface area contributed by atoms with Crippen LogP contribution in [0.15, 0.2) is 33.8 Å². The summed E-state index contributed by atoms with van der Waals surface area (Å²) in [6.07, 6.45) is -6.16. The number of para-hydroxylation sites is 1. The SMILES string of the molecule is CCOC(=O)c1ccccc1NC(=O)c1oc2c(c1C)/C(=N/NC(=O)C(F)(F)C(F)(F)C(F)(F)F)CCC2. The lowest BCUT2D eigenvalue weighted by atomic mass is 9.93. The second-order valence-corrected chi connectivity index (χ2v) is 8.07. The number of carbonyl (C=O) groups excluding carboxylic acids is 3. The number of alkyl halides is 7. The van der Waals surface area contributed by atoms with Gasteiger partial charge in [0.1, 0.15) is 5.76 Å². The number of halogens is 7. The number of benzene rings is 1. The van der Waals surface area contributed by atoms with Crippen LogP contribution in [0.3, 0.4) is 0 Å². The molecule has 1 aliphatic rings. The highest BCUT2D eigenvalue weighted by molar-refractivity contribution is 6.11. The fourth-order valence-corrected chi connectivity index (χ4v) is 3.66. The number of hydrogen-bond donors (Lipinski definition) is 2. The van der Waals surface area contributed by atoms with Gasteiger partial charge in [-0.15, -0.1) is 0 Å². The molecule has 2 aromatic rings. The highest BCUT2D eigenvalue weighted by Crippen LogP contribution is 2.46. The van der Waals surface area contributed by atoms with Gasteiger partial charge in [-0.05, 0) is 38.8 Å². The van der Waals surface area contributed by atoms with Crippen LogP contribution >= 0.6 is 0 Å². The van der Waals surface area contributed by atoms with Crippen molar-refractivity contribution < 1.29 is 54.3 Å². The number of rotatable bonds is 7. The second-order valence-electron chi connectivity index (χ2n) is 8.07. The van der Waals surface area contributed by atoms with Crippen molar-refractivity contribution in [3.63, 3.8) is 0 Å². The molecule has 8 nitrogen and oxygen atoms in total. The number of furan rings is 1. The summed E-state index contributed by atoms with van der Waals surface area (Å²) in [7, 11) is 0. The predicted molar refractivity (Wildman–Crippen MR) is 117 cm³/mol. The molecule has 1 aliphatic carbocycles. The first kappa shape index (κ1) is 28.7. The zero-order valence-corrected chi connectivity index (χ0v) is 19.8. The highest BCUT2D eigenvalue weighted by atomic mass is 19.4. The second kappa shape index (κ2) is 10.5. The van der Waals surface area contributed by atoms with E-state index >= 15 is 0 Å². The third-order valence-electron chi connectivity index (χ3n) is 5.53. The minimum Gasteiger partial charge on any atom is -0.462 e. The Morgan fingerprint density at radius 2 is 1.71 bits per heavy atom. The summed E-state index contributed by atoms with van der Waals surface area (Å²) in [5.74, 6) is -17.4. The average Bonchev–Trinajstić information content (AvgIpc) is 3.19. The maximum absolute atomic E-state index is 13.6. The van der Waals surface area contributed by atoms with Gasteiger partial charge in [-0.3, -0.25) is 9.59 Å². The molecule has 3 rings (SSSR count). The van der Waals surface area contributed by atoms with Gasteiger partial charge in [-0.1, -0.05) is 12.1 Å². The molecule has 1 aromatic carbocycles. The van der Waals surface area contributed by atoms with E-state index in [2.05, 4.69) is 10.4 Å². The number of amides is 2. The van der Waals surface area contributed by atoms with E-state index in [-0.39, 0.29) is 65.5 Å². The smallest absolute Gasteiger partial charge is 0.460 e. The summed E-state index contributed by atoms with van der Waals surface area (Å²) in [6.45, 7) is 3.08. The largest absolute Gasteiger partial charge is 0.462 e. The number of hydrazone groups is 1. The highest BCUT2D eigenvalue weighted by Gasteiger charge is 2.76. The third-order valence-corrected chi connectivity index (χ3v) is 5.53. The Hall–Kier alpha value is -3.91. The van der Waals surface area contributed by atoms with Gasteiger partial charge in [0, 0.05) is 17.5 Å². The van der Waals surface area contributed by atoms with Crippen molar-refractivity contribution in [2.24, 2.45) is 5.10 Å². The lowest BCUT2D eigenvalue weighted by Crippen LogP contribution is -2.58. The topological polar surface area (TPSA) is 110 Å². The monoisotopic (exact) mass is 551 g/mol. The van der Waals surface area contributed by atoms with Crippen molar-refractivity contribution in [1.29, 1.82) is 0 Å². The number of aryl methyl sites for hydroxylation is 1. The zero-order chi connectivity index (χ0) is 28.5. The van der Waals surface area contributed by atoms with E-state index in [1.807, 2.05) is 0 Å². The first-order chi connectivity index (χ1) is 17.6. The van der Waals surface area contributed by atoms with E-state index < -0.39 is 35.8 Å². The first-order valence-corrected chi connectivity index (χ1v) is 11.0. The van der Waals surface area contributed by atoms with Gasteiger partial charge in [0.25, 0.3) is 5.91 Å². The third kappa shape index (κ3) is 5.22. The summed E-state index contributed by atoms with van der Waals surface area (Å²) in [6, 6.07) is 5.94. The molecule has 0 bridgehead atoms. The Morgan fingerprint density at radius 1 is 1.05 bits per heavy atom. The Morgan fingerprint density at radius 3 is 2.34 bits per heavy atom. The fourth-order valence-electron chi connectivity index (χ4n) is 3.66. The molecular weight excluding hydrogens is 531 g/mol. The standard InChI is InChI=1S/C23H20F7N3O5/c1-3-37-19(35)12-7-4-5-8-13(12)31-18(34)17-11(2)16-14(9-6-10-15(16)38-17)32-33-20(36)21(24,25)22(26,27)23(28,29)30/h4-5,7-8H,3,6,9-10H2,1-2H3,(H,31,34)(H,33,36)/b32-14+. The molecule has 2 amide bonds. The molecule has 0 unspecified atom stereocenters. The maximum Gasteiger partial charge on any atom is 0.460 e. The Labute approximate surface area is 210 Å². The zero-order valence-electron chi connectivity index (χ0n) is 19.8. The van der Waals surface area contributed by atoms with Crippen LogP contribution in [0.5, 0.6) is 0 Å². The lowest BCUT2D eigenvalue weighted by molar-refractivity contribution is -0.344. The van der Waals surface area contributed by atoms with Crippen LogP contribution in [0.2, 0.25) is 0 Å². The molecule has 0 spiro atoms. The van der Waals surface area contributed by atoms with Crippen LogP contribution in [0.4, 0.5) is 36.4 Å². The van der Waals surface area contributed by atoms with Gasteiger partial charge in [0.2, 0.25) is 0 Å². The molecule has 206 valence electrons. The number of esters is 1. The number of anilines is 1. The summed E-state index contributed by atoms with van der Waals surface area (Å²) in [5.41, 5.74) is 1.29. The van der Waals surface area contributed by atoms with Gasteiger partial charge in [0.15, 0.2) is 5.76 Å². The van der Waals surface area contributed by atoms with Crippen LogP contribution in [0, 0.1) is 6.92 Å². The predicted octanol–water partition coefficient (Wildman–Crippen LogP) is 5.01. The quantitative estimate of drug-likeness (QED) is 0.286. The Kier molecular flexibility index (Phi) is 7.88. The van der Waals surface area contributed by atoms with Crippen LogP contribution in [-0.4, -0.2) is 48.1 Å². The molecule has 0 radical (unpaired) electrons. The van der Waals surface area contributed by atoms with Gasteiger partial charge < -0.3 is 14.5 Å². The van der Waals surface area contributed by atoms with Gasteiger partial charge >= 0.3 is 29.9 Å². The Balaban J connectivity index is 1.87. The molecule has 0 saturated heterocycles. The molecule has 2 N–H and O–H groups in total. The van der Waals surface area contributed by atoms with Gasteiger partial charge in [-0.25, -0.2) is 10.2 Å². The molecule has 0 saturated carbocycles. The van der Waals surface area contributed by atoms with Crippen LogP contribution in [0.25, 0.3) is 0 Å². The molecule has 0 fully saturated rings. The number of hydrogen-bond acceptors (Lipinski definition) is 6. The van der Waals surface area contributed by atoms with Crippen LogP contribution < -0.4 is 10.7 Å². The van der Waals surface area contributed by atoms with E-state index in [1.165, 1.54) is 19.1 Å². The molecule has 15 heteroatoms. The van der Waals surface area contributed by atoms with Gasteiger partial charge in [-0.2, -0.15) is 35.8 Å². The number of ether oxygens (including phenoxy) is 1. The summed E-state index contributed by atoms with van der Waals surface area (Å²) in [5, 5.41) is 5.84. The number of fused-ring (bicyclic) bond motifs is 1. The normalized spacial score (nSPS) is 15.1. The van der Waals surface area contributed by atoms with Crippen molar-refractivity contribution in [3.05, 3.63) is 52.5 Å². The number of nitrogens with zero attached hydrogens (tertiary/aromatic N) is 1. The van der Waals surface area contributed by atoms with Crippen molar-refractivity contribution in [1.82, 2.24) is 5.43 Å². The van der Waals surface area contributed by atoms with E-state index in [1.54, 1.807) is 19.1 Å². The van der Waals surface area contributed by atoms with Crippen LogP contribution in [0.1, 0.15) is 57.6 Å². The molecule has 38 heavy (non-hydrogen) atoms. The molecule has 1 aromatic heterocycles. The molecular formula is C23H20F7N3O5. The fraction of sp³-hybridized carbons (Fsp3) is 0.391. The lowest BCUT2D eigenvalue weighted by Gasteiger charge is -2.26. The Bertz CT molecular complexity index is 1280. The minimum atomic E-state index is -6.69. The molecule has 0 aliphatic heterocycles. The van der Waals surface area contributed by atoms with E-state index in [9.17, 15) is 45.1 Å². The van der Waals surface area contributed by atoms with E-state index in [0.717, 1.165) is 5.43 Å². The van der Waals surface area contributed by atoms with Gasteiger partial charge in [0.05, 0.1) is 23.6 Å². The van der Waals surface area contributed by atoms with Crippen molar-refractivity contribution in [3.8, 4) is 0 Å².